The molecule has 0 amide bonds. The molecular weight excluding hydrogens is 65.6 g/mol. The number of rotatable bonds is 0. The lowest BCUT2D eigenvalue weighted by Gasteiger charge is -2.16. The summed E-state index contributed by atoms with van der Waals surface area (Å²) in [6.45, 7) is 1.83. The summed E-state index contributed by atoms with van der Waals surface area (Å²) in [5, 5.41) is 0. The van der Waals surface area contributed by atoms with Gasteiger partial charge in [0.15, 0.2) is 0 Å². The maximum absolute atomic E-state index is 4.58. The molecule has 1 rings (SSSR count). The zero-order chi connectivity index (χ0) is 3.70. The molecule has 2 nitrogen and oxygen atoms in total. The van der Waals surface area contributed by atoms with E-state index in [1.165, 1.54) is 7.69 Å². The first-order chi connectivity index (χ1) is 2.39. The third-order valence-corrected chi connectivity index (χ3v) is 0.494. The molecule has 0 N–H and O–H groups in total. The van der Waals surface area contributed by atoms with Crippen LogP contribution in [0.4, 0.5) is 0 Å². The topological polar surface area (TPSA) is 18.5 Å². The van der Waals surface area contributed by atoms with Crippen LogP contribution in [-0.2, 0) is 9.14 Å². The Hall–Kier alpha value is 0.0499. The largest absolute Gasteiger partial charge is 0.458 e. The predicted octanol–water partition coefficient (Wildman–Crippen LogP) is -0.315. The molecule has 1 heterocycles. The van der Waals surface area contributed by atoms with Gasteiger partial charge < -0.3 is 9.14 Å². The van der Waals surface area contributed by atoms with Crippen molar-refractivity contribution in [1.29, 1.82) is 0 Å². The van der Waals surface area contributed by atoms with Gasteiger partial charge in [-0.1, -0.05) is 0 Å². The number of hydrogen-bond acceptors (Lipinski definition) is 2. The van der Waals surface area contributed by atoms with Crippen molar-refractivity contribution in [2.45, 2.75) is 6.82 Å². The zero-order valence-corrected chi connectivity index (χ0v) is 2.97. The van der Waals surface area contributed by atoms with Gasteiger partial charge in [0.05, 0.1) is 0 Å². The summed E-state index contributed by atoms with van der Waals surface area (Å²) in [5.41, 5.74) is 0. The Kier molecular flexibility index (Phi) is 0.669. The van der Waals surface area contributed by atoms with Crippen LogP contribution in [0.1, 0.15) is 0 Å². The van der Waals surface area contributed by atoms with Crippen molar-refractivity contribution >= 4 is 14.8 Å². The minimum atomic E-state index is 0.00926. The average molecular weight is 68.7 g/mol. The standard InChI is InChI=1S/CH3B2O2/c1-3-4-2-5-3/h1H3. The molecule has 1 aliphatic heterocycles. The first kappa shape index (κ1) is 3.25. The van der Waals surface area contributed by atoms with Crippen molar-refractivity contribution in [3.05, 3.63) is 0 Å². The molecule has 5 heavy (non-hydrogen) atoms. The van der Waals surface area contributed by atoms with Crippen LogP contribution in [0, 0.1) is 0 Å². The molecule has 0 aromatic heterocycles. The van der Waals surface area contributed by atoms with Crippen LogP contribution in [0.25, 0.3) is 0 Å². The minimum Gasteiger partial charge on any atom is -0.455 e. The molecular formula is CH3B2O2. The van der Waals surface area contributed by atoms with Crippen LogP contribution >= 0.6 is 0 Å². The summed E-state index contributed by atoms with van der Waals surface area (Å²) in [6.07, 6.45) is 0. The van der Waals surface area contributed by atoms with Gasteiger partial charge in [0, 0.05) is 0 Å². The molecule has 1 radical (unpaired) electrons. The highest BCUT2D eigenvalue weighted by atomic mass is 16.7. The maximum Gasteiger partial charge on any atom is 0.458 e. The van der Waals surface area contributed by atoms with Crippen LogP contribution in [0.2, 0.25) is 6.82 Å². The monoisotopic (exact) mass is 69.0 g/mol. The van der Waals surface area contributed by atoms with E-state index >= 15 is 0 Å². The Morgan fingerprint density at radius 2 is 2.00 bits per heavy atom. The molecule has 25 valence electrons. The fourth-order valence-electron chi connectivity index (χ4n) is 0.167. The predicted molar refractivity (Wildman–Crippen MR) is 19.5 cm³/mol. The SMILES string of the molecule is CB1O[B]O1. The van der Waals surface area contributed by atoms with E-state index in [9.17, 15) is 0 Å². The normalized spacial score (nSPS) is 20.6. The third-order valence-electron chi connectivity index (χ3n) is 0.494. The van der Waals surface area contributed by atoms with Gasteiger partial charge in [-0.2, -0.15) is 0 Å². The first-order valence-electron chi connectivity index (χ1n) is 1.52. The molecule has 0 bridgehead atoms. The smallest absolute Gasteiger partial charge is 0.455 e. The summed E-state index contributed by atoms with van der Waals surface area (Å²) < 4.78 is 9.17. The van der Waals surface area contributed by atoms with Crippen LogP contribution in [0.3, 0.4) is 0 Å². The van der Waals surface area contributed by atoms with Gasteiger partial charge >= 0.3 is 14.8 Å². The average Bonchev–Trinajstić information content (AvgIpc) is 1.30. The van der Waals surface area contributed by atoms with E-state index in [1.54, 1.807) is 0 Å². The Bertz CT molecular complexity index is 34.6. The fraction of sp³-hybridized carbons (Fsp3) is 1.00. The van der Waals surface area contributed by atoms with Crippen molar-refractivity contribution in [1.82, 2.24) is 0 Å². The van der Waals surface area contributed by atoms with Gasteiger partial charge in [0.25, 0.3) is 0 Å². The lowest BCUT2D eigenvalue weighted by molar-refractivity contribution is 0.319. The van der Waals surface area contributed by atoms with Gasteiger partial charge in [-0.25, -0.2) is 0 Å². The molecule has 0 aliphatic carbocycles. The van der Waals surface area contributed by atoms with Crippen LogP contribution < -0.4 is 0 Å². The highest BCUT2D eigenvalue weighted by Gasteiger charge is 2.20. The van der Waals surface area contributed by atoms with Gasteiger partial charge in [0.1, 0.15) is 0 Å². The zero-order valence-electron chi connectivity index (χ0n) is 2.97. The highest BCUT2D eigenvalue weighted by molar-refractivity contribution is 6.63. The first-order valence-corrected chi connectivity index (χ1v) is 1.52. The van der Waals surface area contributed by atoms with Crippen molar-refractivity contribution in [2.75, 3.05) is 0 Å². The second kappa shape index (κ2) is 1.03. The molecule has 0 aromatic carbocycles. The van der Waals surface area contributed by atoms with Gasteiger partial charge in [-0.05, 0) is 6.82 Å². The molecule has 1 fully saturated rings. The lowest BCUT2D eigenvalue weighted by Crippen LogP contribution is -2.35. The third kappa shape index (κ3) is 0.465. The summed E-state index contributed by atoms with van der Waals surface area (Å²) in [5.74, 6) is 0. The summed E-state index contributed by atoms with van der Waals surface area (Å²) in [4.78, 5) is 0. The second-order valence-electron chi connectivity index (χ2n) is 0.936. The quantitative estimate of drug-likeness (QED) is 0.363. The molecule has 0 atom stereocenters. The molecule has 1 saturated heterocycles. The van der Waals surface area contributed by atoms with Crippen molar-refractivity contribution in [3.63, 3.8) is 0 Å². The molecule has 1 aliphatic rings. The minimum absolute atomic E-state index is 0.00926. The van der Waals surface area contributed by atoms with Crippen LogP contribution in [-0.4, -0.2) is 14.8 Å². The fourth-order valence-corrected chi connectivity index (χ4v) is 0.167. The molecule has 0 spiro atoms. The Labute approximate surface area is 31.9 Å². The van der Waals surface area contributed by atoms with E-state index in [0.717, 1.165) is 0 Å². The lowest BCUT2D eigenvalue weighted by atomic mass is 9.86. The van der Waals surface area contributed by atoms with E-state index in [-0.39, 0.29) is 7.12 Å². The number of hydrogen-bond donors (Lipinski definition) is 0. The van der Waals surface area contributed by atoms with Crippen molar-refractivity contribution in [2.24, 2.45) is 0 Å². The van der Waals surface area contributed by atoms with E-state index in [1.807, 2.05) is 6.82 Å². The Morgan fingerprint density at radius 3 is 2.00 bits per heavy atom. The van der Waals surface area contributed by atoms with Crippen LogP contribution in [0.15, 0.2) is 0 Å². The van der Waals surface area contributed by atoms with E-state index < -0.39 is 0 Å². The summed E-state index contributed by atoms with van der Waals surface area (Å²) in [7, 11) is 1.33. The van der Waals surface area contributed by atoms with E-state index in [2.05, 4.69) is 9.14 Å². The Morgan fingerprint density at radius 1 is 1.60 bits per heavy atom. The van der Waals surface area contributed by atoms with Crippen LogP contribution in [0.5, 0.6) is 0 Å². The van der Waals surface area contributed by atoms with Crippen molar-refractivity contribution in [3.8, 4) is 0 Å². The van der Waals surface area contributed by atoms with Gasteiger partial charge in [-0.3, -0.25) is 0 Å². The van der Waals surface area contributed by atoms with E-state index in [4.69, 9.17) is 0 Å². The molecule has 0 aromatic rings. The maximum atomic E-state index is 4.58. The Balaban J connectivity index is 2.08. The summed E-state index contributed by atoms with van der Waals surface area (Å²) >= 11 is 0. The van der Waals surface area contributed by atoms with Crippen molar-refractivity contribution < 1.29 is 9.14 Å². The molecule has 0 saturated carbocycles. The second-order valence-corrected chi connectivity index (χ2v) is 0.936. The molecule has 0 unspecified atom stereocenters. The van der Waals surface area contributed by atoms with Gasteiger partial charge in [-0.15, -0.1) is 0 Å². The molecule has 4 heteroatoms. The summed E-state index contributed by atoms with van der Waals surface area (Å²) in [6, 6.07) is 0. The van der Waals surface area contributed by atoms with Gasteiger partial charge in [0.2, 0.25) is 0 Å². The van der Waals surface area contributed by atoms with E-state index in [0.29, 0.717) is 0 Å². The highest BCUT2D eigenvalue weighted by Crippen LogP contribution is 1.94.